The molecule has 0 amide bonds. The van der Waals surface area contributed by atoms with Gasteiger partial charge in [0.05, 0.1) is 0 Å². The van der Waals surface area contributed by atoms with Crippen molar-refractivity contribution >= 4 is 26.5 Å². The molecule has 2 N–H and O–H groups in total. The Morgan fingerprint density at radius 1 is 1.38 bits per heavy atom. The van der Waals surface area contributed by atoms with Gasteiger partial charge < -0.3 is 9.88 Å². The molecule has 0 atom stereocenters. The van der Waals surface area contributed by atoms with Crippen LogP contribution < -0.4 is 10.0 Å². The third-order valence-electron chi connectivity index (χ3n) is 2.83. The van der Waals surface area contributed by atoms with Crippen LogP contribution in [-0.2, 0) is 23.6 Å². The van der Waals surface area contributed by atoms with Crippen molar-refractivity contribution in [3.8, 4) is 0 Å². The quantitative estimate of drug-likeness (QED) is 0.838. The minimum atomic E-state index is -3.63. The third kappa shape index (κ3) is 4.02. The maximum atomic E-state index is 12.3. The van der Waals surface area contributed by atoms with Gasteiger partial charge in [-0.15, -0.1) is 10.2 Å². The van der Waals surface area contributed by atoms with Gasteiger partial charge in [-0.1, -0.05) is 25.2 Å². The number of nitrogens with zero attached hydrogens (tertiary/aromatic N) is 3. The summed E-state index contributed by atoms with van der Waals surface area (Å²) in [6.45, 7) is 6.47. The molecule has 116 valence electrons. The smallest absolute Gasteiger partial charge is 0.265 e. The minimum absolute atomic E-state index is 0.221. The van der Waals surface area contributed by atoms with Gasteiger partial charge in [0.15, 0.2) is 0 Å². The number of nitrogens with one attached hydrogen (secondary N) is 2. The summed E-state index contributed by atoms with van der Waals surface area (Å²) in [5, 5.41) is 11.8. The van der Waals surface area contributed by atoms with E-state index in [-0.39, 0.29) is 10.0 Å². The van der Waals surface area contributed by atoms with Gasteiger partial charge in [-0.25, -0.2) is 8.42 Å². The fourth-order valence-electron chi connectivity index (χ4n) is 1.72. The first kappa shape index (κ1) is 15.9. The number of aryl methyl sites for hydroxylation is 2. The van der Waals surface area contributed by atoms with Crippen LogP contribution in [0.2, 0.25) is 0 Å². The molecular weight excluding hydrogens is 310 g/mol. The van der Waals surface area contributed by atoms with Crippen molar-refractivity contribution < 1.29 is 8.42 Å². The molecule has 2 heterocycles. The monoisotopic (exact) mass is 329 g/mol. The lowest BCUT2D eigenvalue weighted by atomic mass is 10.3. The number of sulfonamides is 1. The first-order valence-corrected chi connectivity index (χ1v) is 8.79. The first-order chi connectivity index (χ1) is 9.78. The molecule has 7 nitrogen and oxygen atoms in total. The van der Waals surface area contributed by atoms with E-state index in [2.05, 4.69) is 20.2 Å². The van der Waals surface area contributed by atoms with Crippen LogP contribution in [0.5, 0.6) is 0 Å². The largest absolute Gasteiger partial charge is 0.352 e. The fraction of sp³-hybridized carbons (Fsp3) is 0.500. The third-order valence-corrected chi connectivity index (χ3v) is 5.02. The zero-order valence-electron chi connectivity index (χ0n) is 12.4. The molecular formula is C12H19N5O2S2. The van der Waals surface area contributed by atoms with Crippen molar-refractivity contribution in [2.24, 2.45) is 7.05 Å². The molecule has 0 aliphatic heterocycles. The Labute approximate surface area is 128 Å². The van der Waals surface area contributed by atoms with Crippen LogP contribution in [0.15, 0.2) is 17.2 Å². The highest BCUT2D eigenvalue weighted by atomic mass is 32.2. The van der Waals surface area contributed by atoms with Gasteiger partial charge in [0.2, 0.25) is 5.13 Å². The molecule has 21 heavy (non-hydrogen) atoms. The molecule has 0 saturated carbocycles. The predicted octanol–water partition coefficient (Wildman–Crippen LogP) is 1.48. The lowest BCUT2D eigenvalue weighted by molar-refractivity contribution is 0.571. The molecule has 0 radical (unpaired) electrons. The number of rotatable bonds is 6. The van der Waals surface area contributed by atoms with Gasteiger partial charge in [0, 0.05) is 31.5 Å². The van der Waals surface area contributed by atoms with Gasteiger partial charge in [0.25, 0.3) is 10.0 Å². The van der Waals surface area contributed by atoms with Crippen LogP contribution in [0.25, 0.3) is 0 Å². The van der Waals surface area contributed by atoms with E-state index < -0.39 is 10.0 Å². The molecule has 0 unspecified atom stereocenters. The van der Waals surface area contributed by atoms with Crippen molar-refractivity contribution in [3.05, 3.63) is 23.0 Å². The Bertz CT molecular complexity index is 718. The molecule has 2 aromatic rings. The van der Waals surface area contributed by atoms with Crippen LogP contribution >= 0.6 is 11.3 Å². The molecule has 0 aliphatic rings. The van der Waals surface area contributed by atoms with Crippen LogP contribution in [0.1, 0.15) is 24.5 Å². The van der Waals surface area contributed by atoms with Crippen LogP contribution in [-0.4, -0.2) is 29.2 Å². The molecule has 0 fully saturated rings. The van der Waals surface area contributed by atoms with Gasteiger partial charge in [-0.3, -0.25) is 4.72 Å². The summed E-state index contributed by atoms with van der Waals surface area (Å²) in [6.07, 6.45) is 1.59. The zero-order valence-corrected chi connectivity index (χ0v) is 14.0. The second-order valence-electron chi connectivity index (χ2n) is 5.05. The van der Waals surface area contributed by atoms with Gasteiger partial charge in [-0.05, 0) is 13.0 Å². The number of hydrogen-bond acceptors (Lipinski definition) is 6. The zero-order chi connectivity index (χ0) is 15.6. The molecule has 0 spiro atoms. The molecule has 0 aliphatic carbocycles. The summed E-state index contributed by atoms with van der Waals surface area (Å²) >= 11 is 1.20. The summed E-state index contributed by atoms with van der Waals surface area (Å²) in [7, 11) is -1.81. The van der Waals surface area contributed by atoms with Crippen molar-refractivity contribution in [2.75, 3.05) is 4.72 Å². The average Bonchev–Trinajstić information content (AvgIpc) is 2.93. The van der Waals surface area contributed by atoms with Crippen LogP contribution in [0.3, 0.4) is 0 Å². The normalized spacial score (nSPS) is 12.0. The maximum Gasteiger partial charge on any atom is 0.265 e. The highest BCUT2D eigenvalue weighted by Gasteiger charge is 2.19. The molecule has 2 aromatic heterocycles. The molecule has 0 aromatic carbocycles. The highest BCUT2D eigenvalue weighted by Crippen LogP contribution is 2.20. The Kier molecular flexibility index (Phi) is 4.64. The van der Waals surface area contributed by atoms with E-state index in [1.807, 2.05) is 20.9 Å². The van der Waals surface area contributed by atoms with Crippen LogP contribution in [0, 0.1) is 6.92 Å². The summed E-state index contributed by atoms with van der Waals surface area (Å²) in [5.74, 6) is 0. The Morgan fingerprint density at radius 3 is 2.67 bits per heavy atom. The molecule has 2 rings (SSSR count). The Hall–Kier alpha value is -1.45. The molecule has 0 bridgehead atoms. The lowest BCUT2D eigenvalue weighted by Gasteiger charge is -2.08. The number of aromatic nitrogens is 3. The summed E-state index contributed by atoms with van der Waals surface area (Å²) in [6, 6.07) is 1.99. The summed E-state index contributed by atoms with van der Waals surface area (Å²) in [5.41, 5.74) is 0.900. The highest BCUT2D eigenvalue weighted by molar-refractivity contribution is 7.93. The maximum absolute atomic E-state index is 12.3. The molecule has 9 heteroatoms. The SMILES string of the molecule is Cc1nnc(NS(=O)(=O)c2cc(CNC(C)C)n(C)c2)s1. The first-order valence-electron chi connectivity index (χ1n) is 6.49. The van der Waals surface area contributed by atoms with Crippen molar-refractivity contribution in [1.82, 2.24) is 20.1 Å². The fourth-order valence-corrected chi connectivity index (χ4v) is 3.64. The van der Waals surface area contributed by atoms with Crippen molar-refractivity contribution in [1.29, 1.82) is 0 Å². The van der Waals surface area contributed by atoms with Crippen molar-refractivity contribution in [3.63, 3.8) is 0 Å². The van der Waals surface area contributed by atoms with E-state index in [0.717, 1.165) is 5.69 Å². The lowest BCUT2D eigenvalue weighted by Crippen LogP contribution is -2.22. The molecule has 0 saturated heterocycles. The van der Waals surface area contributed by atoms with E-state index >= 15 is 0 Å². The second-order valence-corrected chi connectivity index (χ2v) is 7.91. The Balaban J connectivity index is 2.18. The summed E-state index contributed by atoms with van der Waals surface area (Å²) in [4.78, 5) is 0.221. The summed E-state index contributed by atoms with van der Waals surface area (Å²) < 4.78 is 28.9. The number of anilines is 1. The van der Waals surface area contributed by atoms with E-state index in [1.54, 1.807) is 23.8 Å². The van der Waals surface area contributed by atoms with Gasteiger partial charge in [0.1, 0.15) is 9.90 Å². The Morgan fingerprint density at radius 2 is 2.10 bits per heavy atom. The average molecular weight is 329 g/mol. The van der Waals surface area contributed by atoms with E-state index in [9.17, 15) is 8.42 Å². The van der Waals surface area contributed by atoms with E-state index in [0.29, 0.717) is 17.6 Å². The standard InChI is InChI=1S/C12H19N5O2S2/c1-8(2)13-6-10-5-11(7-17(10)4)21(18,19)16-12-15-14-9(3)20-12/h5,7-8,13H,6H2,1-4H3,(H,15,16). The minimum Gasteiger partial charge on any atom is -0.352 e. The van der Waals surface area contributed by atoms with Gasteiger partial charge >= 0.3 is 0 Å². The van der Waals surface area contributed by atoms with Gasteiger partial charge in [-0.2, -0.15) is 0 Å². The number of hydrogen-bond donors (Lipinski definition) is 2. The second kappa shape index (κ2) is 6.12. The topological polar surface area (TPSA) is 88.9 Å². The van der Waals surface area contributed by atoms with E-state index in [1.165, 1.54) is 11.3 Å². The van der Waals surface area contributed by atoms with Crippen molar-refractivity contribution in [2.45, 2.75) is 38.3 Å². The predicted molar refractivity (Wildman–Crippen MR) is 82.8 cm³/mol. The van der Waals surface area contributed by atoms with E-state index in [4.69, 9.17) is 0 Å². The van der Waals surface area contributed by atoms with Crippen LogP contribution in [0.4, 0.5) is 5.13 Å².